The minimum absolute atomic E-state index is 0.0375. The Kier molecular flexibility index (Phi) is 2.89. The molecule has 82 valence electrons. The van der Waals surface area contributed by atoms with E-state index >= 15 is 0 Å². The molecule has 0 atom stereocenters. The van der Waals surface area contributed by atoms with Gasteiger partial charge in [-0.25, -0.2) is 0 Å². The number of carbonyl (C=O) groups excluding carboxylic acids is 2. The monoisotopic (exact) mass is 207 g/mol. The van der Waals surface area contributed by atoms with Gasteiger partial charge in [0, 0.05) is 12.8 Å². The number of carbonyl (C=O) groups is 2. The van der Waals surface area contributed by atoms with Crippen molar-refractivity contribution in [2.45, 2.75) is 44.9 Å². The van der Waals surface area contributed by atoms with Gasteiger partial charge in [-0.05, 0) is 37.5 Å². The Labute approximate surface area is 89.9 Å². The minimum Gasteiger partial charge on any atom is -0.296 e. The molecule has 0 bridgehead atoms. The highest BCUT2D eigenvalue weighted by Gasteiger charge is 2.38. The van der Waals surface area contributed by atoms with Crippen LogP contribution in [0.4, 0.5) is 0 Å². The van der Waals surface area contributed by atoms with E-state index in [-0.39, 0.29) is 17.2 Å². The fourth-order valence-corrected chi connectivity index (χ4v) is 2.69. The number of amides is 2. The van der Waals surface area contributed by atoms with Gasteiger partial charge >= 0.3 is 0 Å². The molecule has 3 heteroatoms. The van der Waals surface area contributed by atoms with E-state index in [1.807, 2.05) is 0 Å². The molecule has 1 aliphatic heterocycles. The Morgan fingerprint density at radius 1 is 1.00 bits per heavy atom. The molecule has 1 N–H and O–H groups in total. The van der Waals surface area contributed by atoms with Gasteiger partial charge in [0.25, 0.3) is 0 Å². The maximum absolute atomic E-state index is 11.4. The number of rotatable bonds is 0. The second-order valence-electron chi connectivity index (χ2n) is 4.73. The first kappa shape index (κ1) is 10.4. The number of hydrogen-bond donors (Lipinski definition) is 1. The van der Waals surface area contributed by atoms with Crippen molar-refractivity contribution in [3.05, 3.63) is 12.2 Å². The summed E-state index contributed by atoms with van der Waals surface area (Å²) in [5.41, 5.74) is -0.0375. The number of hydrogen-bond acceptors (Lipinski definition) is 2. The molecule has 2 amide bonds. The zero-order chi connectivity index (χ0) is 10.7. The molecular formula is C12H17NO2. The summed E-state index contributed by atoms with van der Waals surface area (Å²) in [7, 11) is 0. The maximum Gasteiger partial charge on any atom is 0.227 e. The lowest BCUT2D eigenvalue weighted by Gasteiger charge is -2.36. The molecule has 2 rings (SSSR count). The quantitative estimate of drug-likeness (QED) is 0.487. The zero-order valence-electron chi connectivity index (χ0n) is 8.92. The second kappa shape index (κ2) is 4.17. The summed E-state index contributed by atoms with van der Waals surface area (Å²) in [6, 6.07) is 0. The molecule has 0 unspecified atom stereocenters. The van der Waals surface area contributed by atoms with Gasteiger partial charge in [0.2, 0.25) is 11.8 Å². The van der Waals surface area contributed by atoms with E-state index in [1.54, 1.807) is 0 Å². The van der Waals surface area contributed by atoms with Crippen LogP contribution in [0.3, 0.4) is 0 Å². The average Bonchev–Trinajstić information content (AvgIpc) is 2.11. The van der Waals surface area contributed by atoms with Crippen molar-refractivity contribution < 1.29 is 9.59 Å². The Hall–Kier alpha value is -1.12. The third-order valence-electron chi connectivity index (χ3n) is 3.44. The summed E-state index contributed by atoms with van der Waals surface area (Å²) in [5, 5.41) is 2.39. The molecule has 1 spiro atoms. The Morgan fingerprint density at radius 2 is 1.67 bits per heavy atom. The summed E-state index contributed by atoms with van der Waals surface area (Å²) in [6.07, 6.45) is 10.6. The van der Waals surface area contributed by atoms with E-state index in [0.717, 1.165) is 32.1 Å². The molecule has 0 aromatic rings. The van der Waals surface area contributed by atoms with Crippen LogP contribution in [0.1, 0.15) is 44.9 Å². The van der Waals surface area contributed by atoms with Crippen molar-refractivity contribution in [3.63, 3.8) is 0 Å². The second-order valence-corrected chi connectivity index (χ2v) is 4.73. The normalized spacial score (nSPS) is 25.9. The van der Waals surface area contributed by atoms with Crippen molar-refractivity contribution in [2.24, 2.45) is 5.41 Å². The SMILES string of the molecule is O=C1CC2(CCC=CCCC2)CC(=O)N1. The van der Waals surface area contributed by atoms with Crippen LogP contribution in [0.25, 0.3) is 0 Å². The Bertz CT molecular complexity index is 291. The molecule has 15 heavy (non-hydrogen) atoms. The summed E-state index contributed by atoms with van der Waals surface area (Å²) in [6.45, 7) is 0. The van der Waals surface area contributed by atoms with Crippen LogP contribution in [0.15, 0.2) is 12.2 Å². The van der Waals surface area contributed by atoms with Gasteiger partial charge < -0.3 is 0 Å². The standard InChI is InChI=1S/C12H17NO2/c14-10-8-12(9-11(15)13-10)6-4-2-1-3-5-7-12/h1-2H,3-9H2,(H,13,14,15). The van der Waals surface area contributed by atoms with Gasteiger partial charge in [0.1, 0.15) is 0 Å². The lowest BCUT2D eigenvalue weighted by atomic mass is 9.70. The van der Waals surface area contributed by atoms with Crippen molar-refractivity contribution >= 4 is 11.8 Å². The van der Waals surface area contributed by atoms with E-state index in [4.69, 9.17) is 0 Å². The molecule has 1 fully saturated rings. The highest BCUT2D eigenvalue weighted by molar-refractivity contribution is 5.98. The molecule has 1 saturated heterocycles. The minimum atomic E-state index is -0.0872. The third-order valence-corrected chi connectivity index (χ3v) is 3.44. The van der Waals surface area contributed by atoms with Gasteiger partial charge in [-0.3, -0.25) is 14.9 Å². The molecule has 0 aromatic carbocycles. The van der Waals surface area contributed by atoms with E-state index in [0.29, 0.717) is 12.8 Å². The first-order valence-corrected chi connectivity index (χ1v) is 5.68. The summed E-state index contributed by atoms with van der Waals surface area (Å²) in [5.74, 6) is -0.174. The molecule has 0 radical (unpaired) electrons. The molecular weight excluding hydrogens is 190 g/mol. The van der Waals surface area contributed by atoms with Crippen molar-refractivity contribution in [1.82, 2.24) is 5.32 Å². The van der Waals surface area contributed by atoms with E-state index < -0.39 is 0 Å². The first-order valence-electron chi connectivity index (χ1n) is 5.68. The predicted molar refractivity (Wildman–Crippen MR) is 57.0 cm³/mol. The summed E-state index contributed by atoms with van der Waals surface area (Å²) in [4.78, 5) is 22.8. The largest absolute Gasteiger partial charge is 0.296 e. The fourth-order valence-electron chi connectivity index (χ4n) is 2.69. The van der Waals surface area contributed by atoms with Gasteiger partial charge in [0.15, 0.2) is 0 Å². The average molecular weight is 207 g/mol. The highest BCUT2D eigenvalue weighted by Crippen LogP contribution is 2.40. The summed E-state index contributed by atoms with van der Waals surface area (Å²) < 4.78 is 0. The van der Waals surface area contributed by atoms with Crippen LogP contribution in [-0.4, -0.2) is 11.8 Å². The zero-order valence-corrected chi connectivity index (χ0v) is 8.92. The van der Waals surface area contributed by atoms with Crippen LogP contribution in [0.2, 0.25) is 0 Å². The highest BCUT2D eigenvalue weighted by atomic mass is 16.2. The molecule has 2 aliphatic rings. The van der Waals surface area contributed by atoms with Crippen molar-refractivity contribution in [3.8, 4) is 0 Å². The molecule has 3 nitrogen and oxygen atoms in total. The van der Waals surface area contributed by atoms with Gasteiger partial charge in [-0.1, -0.05) is 12.2 Å². The fraction of sp³-hybridized carbons (Fsp3) is 0.667. The topological polar surface area (TPSA) is 46.2 Å². The van der Waals surface area contributed by atoms with Crippen LogP contribution >= 0.6 is 0 Å². The predicted octanol–water partition coefficient (Wildman–Crippen LogP) is 1.93. The smallest absolute Gasteiger partial charge is 0.227 e. The third kappa shape index (κ3) is 2.46. The van der Waals surface area contributed by atoms with Crippen LogP contribution in [-0.2, 0) is 9.59 Å². The maximum atomic E-state index is 11.4. The van der Waals surface area contributed by atoms with Crippen molar-refractivity contribution in [2.75, 3.05) is 0 Å². The van der Waals surface area contributed by atoms with E-state index in [1.165, 1.54) is 0 Å². The van der Waals surface area contributed by atoms with Gasteiger partial charge in [0.05, 0.1) is 0 Å². The molecule has 0 saturated carbocycles. The Balaban J connectivity index is 2.12. The number of nitrogens with one attached hydrogen (secondary N) is 1. The van der Waals surface area contributed by atoms with Crippen LogP contribution < -0.4 is 5.32 Å². The van der Waals surface area contributed by atoms with E-state index in [2.05, 4.69) is 17.5 Å². The summed E-state index contributed by atoms with van der Waals surface area (Å²) >= 11 is 0. The lowest BCUT2D eigenvalue weighted by molar-refractivity contribution is -0.138. The van der Waals surface area contributed by atoms with Crippen molar-refractivity contribution in [1.29, 1.82) is 0 Å². The van der Waals surface area contributed by atoms with Gasteiger partial charge in [-0.2, -0.15) is 0 Å². The lowest BCUT2D eigenvalue weighted by Crippen LogP contribution is -2.44. The molecule has 1 aliphatic carbocycles. The Morgan fingerprint density at radius 3 is 2.40 bits per heavy atom. The molecule has 1 heterocycles. The number of allylic oxidation sites excluding steroid dienone is 2. The van der Waals surface area contributed by atoms with Gasteiger partial charge in [-0.15, -0.1) is 0 Å². The van der Waals surface area contributed by atoms with Crippen LogP contribution in [0, 0.1) is 5.41 Å². The first-order chi connectivity index (χ1) is 7.20. The molecule has 0 aromatic heterocycles. The van der Waals surface area contributed by atoms with E-state index in [9.17, 15) is 9.59 Å². The number of imide groups is 1. The van der Waals surface area contributed by atoms with Crippen LogP contribution in [0.5, 0.6) is 0 Å². The number of piperidine rings is 1.